The molecular formula is C24H23Cl2NO5. The molecule has 1 aliphatic carbocycles. The van der Waals surface area contributed by atoms with Crippen LogP contribution in [-0.2, 0) is 9.59 Å². The number of carbonyl (C=O) groups excluding carboxylic acids is 2. The van der Waals surface area contributed by atoms with Gasteiger partial charge in [-0.1, -0.05) is 35.3 Å². The minimum Gasteiger partial charge on any atom is -0.493 e. The van der Waals surface area contributed by atoms with Gasteiger partial charge in [0.25, 0.3) is 0 Å². The Morgan fingerprint density at radius 2 is 1.62 bits per heavy atom. The van der Waals surface area contributed by atoms with Crippen LogP contribution in [-0.4, -0.2) is 33.0 Å². The maximum absolute atomic E-state index is 13.4. The van der Waals surface area contributed by atoms with Crippen LogP contribution >= 0.6 is 23.2 Å². The summed E-state index contributed by atoms with van der Waals surface area (Å²) < 4.78 is 16.3. The number of ether oxygens (including phenoxy) is 3. The van der Waals surface area contributed by atoms with E-state index in [1.54, 1.807) is 33.5 Å². The maximum Gasteiger partial charge on any atom is 0.225 e. The highest BCUT2D eigenvalue weighted by Crippen LogP contribution is 2.47. The van der Waals surface area contributed by atoms with Gasteiger partial charge in [-0.05, 0) is 41.7 Å². The van der Waals surface area contributed by atoms with Gasteiger partial charge in [0.1, 0.15) is 0 Å². The first kappa shape index (κ1) is 22.5. The van der Waals surface area contributed by atoms with E-state index >= 15 is 0 Å². The van der Waals surface area contributed by atoms with Crippen molar-refractivity contribution in [2.24, 2.45) is 0 Å². The summed E-state index contributed by atoms with van der Waals surface area (Å²) >= 11 is 12.6. The number of Topliss-reactive ketones (excluding diaryl/α,β-unsaturated/α-hetero) is 1. The molecule has 8 heteroatoms. The fourth-order valence-corrected chi connectivity index (χ4v) is 5.03. The average Bonchev–Trinajstić information content (AvgIpc) is 2.78. The van der Waals surface area contributed by atoms with E-state index in [1.165, 1.54) is 0 Å². The molecule has 0 spiro atoms. The molecule has 2 aliphatic rings. The van der Waals surface area contributed by atoms with Crippen LogP contribution in [0.25, 0.3) is 0 Å². The molecule has 1 heterocycles. The lowest BCUT2D eigenvalue weighted by atomic mass is 9.73. The molecule has 1 amide bonds. The zero-order valence-corrected chi connectivity index (χ0v) is 19.5. The molecular weight excluding hydrogens is 453 g/mol. The SMILES string of the molecule is COc1cc([C@@H]2CC(=O)C3=C(C2)NC(=O)C[C@@H]3c2cccc(Cl)c2Cl)cc(OC)c1OC. The van der Waals surface area contributed by atoms with Gasteiger partial charge in [-0.25, -0.2) is 0 Å². The number of hydrogen-bond donors (Lipinski definition) is 1. The summed E-state index contributed by atoms with van der Waals surface area (Å²) in [5.41, 5.74) is 2.81. The van der Waals surface area contributed by atoms with Crippen LogP contribution < -0.4 is 19.5 Å². The molecule has 32 heavy (non-hydrogen) atoms. The summed E-state index contributed by atoms with van der Waals surface area (Å²) in [7, 11) is 4.64. The van der Waals surface area contributed by atoms with Crippen LogP contribution in [0.3, 0.4) is 0 Å². The van der Waals surface area contributed by atoms with Crippen molar-refractivity contribution in [1.29, 1.82) is 0 Å². The summed E-state index contributed by atoms with van der Waals surface area (Å²) in [6, 6.07) is 8.99. The number of hydrogen-bond acceptors (Lipinski definition) is 5. The molecule has 2 aromatic carbocycles. The van der Waals surface area contributed by atoms with Gasteiger partial charge in [0.2, 0.25) is 11.7 Å². The molecule has 0 unspecified atom stereocenters. The van der Waals surface area contributed by atoms with Crippen molar-refractivity contribution >= 4 is 34.9 Å². The van der Waals surface area contributed by atoms with Gasteiger partial charge in [-0.3, -0.25) is 9.59 Å². The minimum absolute atomic E-state index is 0.0222. The number of allylic oxidation sites excluding steroid dienone is 2. The van der Waals surface area contributed by atoms with E-state index in [1.807, 2.05) is 18.2 Å². The Kier molecular flexibility index (Phi) is 6.35. The van der Waals surface area contributed by atoms with Crippen LogP contribution in [0.4, 0.5) is 0 Å². The van der Waals surface area contributed by atoms with Crippen molar-refractivity contribution < 1.29 is 23.8 Å². The van der Waals surface area contributed by atoms with Crippen molar-refractivity contribution in [3.05, 3.63) is 62.8 Å². The van der Waals surface area contributed by atoms with Gasteiger partial charge in [0.15, 0.2) is 17.3 Å². The summed E-state index contributed by atoms with van der Waals surface area (Å²) in [5.74, 6) is 0.787. The van der Waals surface area contributed by atoms with Gasteiger partial charge < -0.3 is 19.5 Å². The fourth-order valence-electron chi connectivity index (χ4n) is 4.59. The molecule has 0 fully saturated rings. The van der Waals surface area contributed by atoms with Crippen LogP contribution in [0.2, 0.25) is 10.0 Å². The Morgan fingerprint density at radius 1 is 0.938 bits per heavy atom. The summed E-state index contributed by atoms with van der Waals surface area (Å²) in [5, 5.41) is 3.69. The molecule has 2 aromatic rings. The molecule has 0 saturated carbocycles. The number of rotatable bonds is 5. The number of benzene rings is 2. The summed E-state index contributed by atoms with van der Waals surface area (Å²) in [4.78, 5) is 25.9. The monoisotopic (exact) mass is 475 g/mol. The van der Waals surface area contributed by atoms with Crippen molar-refractivity contribution in [3.63, 3.8) is 0 Å². The molecule has 2 atom stereocenters. The summed E-state index contributed by atoms with van der Waals surface area (Å²) in [6.07, 6.45) is 0.946. The highest BCUT2D eigenvalue weighted by molar-refractivity contribution is 6.42. The number of halogens is 2. The Balaban J connectivity index is 1.75. The minimum atomic E-state index is -0.418. The van der Waals surface area contributed by atoms with Gasteiger partial charge in [0, 0.05) is 30.0 Å². The first-order valence-electron chi connectivity index (χ1n) is 10.2. The third-order valence-electron chi connectivity index (χ3n) is 6.05. The molecule has 168 valence electrons. The number of nitrogens with one attached hydrogen (secondary N) is 1. The normalized spacial score (nSPS) is 20.5. The molecule has 6 nitrogen and oxygen atoms in total. The first-order valence-corrected chi connectivity index (χ1v) is 10.9. The highest BCUT2D eigenvalue weighted by atomic mass is 35.5. The fraction of sp³-hybridized carbons (Fsp3) is 0.333. The van der Waals surface area contributed by atoms with Crippen LogP contribution in [0.15, 0.2) is 41.6 Å². The van der Waals surface area contributed by atoms with Crippen LogP contribution in [0.5, 0.6) is 17.2 Å². The molecule has 0 saturated heterocycles. The van der Waals surface area contributed by atoms with E-state index in [0.29, 0.717) is 57.0 Å². The predicted molar refractivity (Wildman–Crippen MR) is 122 cm³/mol. The molecule has 4 rings (SSSR count). The maximum atomic E-state index is 13.4. The molecule has 0 radical (unpaired) electrons. The topological polar surface area (TPSA) is 73.9 Å². The second kappa shape index (κ2) is 9.04. The molecule has 1 N–H and O–H groups in total. The Hall–Kier alpha value is -2.70. The van der Waals surface area contributed by atoms with Crippen molar-refractivity contribution in [3.8, 4) is 17.2 Å². The van der Waals surface area contributed by atoms with E-state index in [2.05, 4.69) is 5.32 Å². The van der Waals surface area contributed by atoms with Crippen LogP contribution in [0, 0.1) is 0 Å². The van der Waals surface area contributed by atoms with E-state index in [4.69, 9.17) is 37.4 Å². The van der Waals surface area contributed by atoms with Gasteiger partial charge in [-0.15, -0.1) is 0 Å². The standard InChI is InChI=1S/C24H23Cl2NO5/c1-30-19-9-13(10-20(31-2)24(19)32-3)12-7-17-22(18(28)8-12)15(11-21(29)27-17)14-5-4-6-16(25)23(14)26/h4-6,9-10,12,15H,7-8,11H2,1-3H3,(H,27,29)/t12-,15+/m0/s1. The lowest BCUT2D eigenvalue weighted by molar-refractivity contribution is -0.122. The molecule has 0 bridgehead atoms. The first-order chi connectivity index (χ1) is 15.4. The van der Waals surface area contributed by atoms with E-state index in [9.17, 15) is 9.59 Å². The van der Waals surface area contributed by atoms with Crippen molar-refractivity contribution in [2.45, 2.75) is 31.1 Å². The van der Waals surface area contributed by atoms with Gasteiger partial charge in [-0.2, -0.15) is 0 Å². The highest BCUT2D eigenvalue weighted by Gasteiger charge is 2.39. The largest absolute Gasteiger partial charge is 0.493 e. The molecule has 0 aromatic heterocycles. The van der Waals surface area contributed by atoms with Crippen molar-refractivity contribution in [2.75, 3.05) is 21.3 Å². The number of carbonyl (C=O) groups is 2. The Labute approximate surface area is 196 Å². The Morgan fingerprint density at radius 3 is 2.25 bits per heavy atom. The smallest absolute Gasteiger partial charge is 0.225 e. The Bertz CT molecular complexity index is 1100. The van der Waals surface area contributed by atoms with E-state index in [0.717, 1.165) is 5.56 Å². The zero-order valence-electron chi connectivity index (χ0n) is 18.0. The average molecular weight is 476 g/mol. The van der Waals surface area contributed by atoms with Gasteiger partial charge in [0.05, 0.1) is 31.4 Å². The van der Waals surface area contributed by atoms with E-state index < -0.39 is 5.92 Å². The zero-order chi connectivity index (χ0) is 23.0. The predicted octanol–water partition coefficient (Wildman–Crippen LogP) is 5.02. The lowest BCUT2D eigenvalue weighted by Gasteiger charge is -2.35. The van der Waals surface area contributed by atoms with E-state index in [-0.39, 0.29) is 24.0 Å². The number of amides is 1. The van der Waals surface area contributed by atoms with Crippen LogP contribution in [0.1, 0.15) is 42.2 Å². The second-order valence-electron chi connectivity index (χ2n) is 7.83. The number of methoxy groups -OCH3 is 3. The lowest BCUT2D eigenvalue weighted by Crippen LogP contribution is -2.38. The second-order valence-corrected chi connectivity index (χ2v) is 8.61. The summed E-state index contributed by atoms with van der Waals surface area (Å²) in [6.45, 7) is 0. The quantitative estimate of drug-likeness (QED) is 0.656. The molecule has 1 aliphatic heterocycles. The van der Waals surface area contributed by atoms with Gasteiger partial charge >= 0.3 is 0 Å². The number of ketones is 1. The third kappa shape index (κ3) is 3.93. The van der Waals surface area contributed by atoms with Crippen molar-refractivity contribution in [1.82, 2.24) is 5.32 Å². The third-order valence-corrected chi connectivity index (χ3v) is 6.88.